The number of rotatable bonds is 2. The van der Waals surface area contributed by atoms with Crippen molar-refractivity contribution >= 4 is 66.3 Å². The second-order valence-electron chi connectivity index (χ2n) is 1.17. The fraction of sp³-hybridized carbons (Fsp3) is 0.500. The van der Waals surface area contributed by atoms with Gasteiger partial charge in [0.1, 0.15) is 0 Å². The van der Waals surface area contributed by atoms with E-state index in [9.17, 15) is 9.36 Å². The largest absolute Gasteiger partial charge is 0.301 e. The Labute approximate surface area is 83.4 Å². The van der Waals surface area contributed by atoms with Crippen molar-refractivity contribution in [2.24, 2.45) is 4.99 Å². The maximum atomic E-state index is 10.8. The summed E-state index contributed by atoms with van der Waals surface area (Å²) in [5.41, 5.74) is 0. The molecule has 3 nitrogen and oxygen atoms in total. The van der Waals surface area contributed by atoms with E-state index in [0.717, 1.165) is 6.08 Å². The Bertz CT molecular complexity index is 219. The lowest BCUT2D eigenvalue weighted by atomic mass is 11.4. The van der Waals surface area contributed by atoms with Crippen molar-refractivity contribution in [3.05, 3.63) is 0 Å². The number of isocyanates is 1. The standard InChI is InChI=1S/C2Br2Cl2NO2P/c3-2(4,7-1-8)10(5,6)9. The zero-order valence-corrected chi connectivity index (χ0v) is 9.80. The van der Waals surface area contributed by atoms with E-state index in [1.165, 1.54) is 0 Å². The third kappa shape index (κ3) is 3.04. The Kier molecular flexibility index (Phi) is 4.13. The van der Waals surface area contributed by atoms with E-state index in [4.69, 9.17) is 22.5 Å². The zero-order valence-electron chi connectivity index (χ0n) is 4.22. The van der Waals surface area contributed by atoms with Crippen LogP contribution in [0.3, 0.4) is 0 Å². The Morgan fingerprint density at radius 3 is 2.00 bits per heavy atom. The second-order valence-corrected chi connectivity index (χ2v) is 10.7. The van der Waals surface area contributed by atoms with Gasteiger partial charge in [-0.2, -0.15) is 4.99 Å². The molecule has 0 spiro atoms. The highest BCUT2D eigenvalue weighted by atomic mass is 79.9. The van der Waals surface area contributed by atoms with Crippen LogP contribution in [0.4, 0.5) is 0 Å². The third-order valence-corrected chi connectivity index (χ3v) is 8.49. The van der Waals surface area contributed by atoms with Gasteiger partial charge in [-0.1, -0.05) is 0 Å². The first-order valence-electron chi connectivity index (χ1n) is 1.77. The lowest BCUT2D eigenvalue weighted by molar-refractivity contribution is 0.562. The highest BCUT2D eigenvalue weighted by Gasteiger charge is 2.41. The van der Waals surface area contributed by atoms with Crippen molar-refractivity contribution in [1.82, 2.24) is 0 Å². The highest BCUT2D eigenvalue weighted by Crippen LogP contribution is 2.72. The first kappa shape index (κ1) is 11.2. The average Bonchev–Trinajstić information content (AvgIpc) is 1.61. The summed E-state index contributed by atoms with van der Waals surface area (Å²) in [7, 11) is 0. The molecule has 0 aromatic carbocycles. The van der Waals surface area contributed by atoms with Gasteiger partial charge < -0.3 is 0 Å². The molecule has 0 aliphatic rings. The molecular weight excluding hydrogens is 332 g/mol. The van der Waals surface area contributed by atoms with Crippen molar-refractivity contribution in [1.29, 1.82) is 0 Å². The van der Waals surface area contributed by atoms with Crippen molar-refractivity contribution in [2.45, 2.75) is 3.10 Å². The van der Waals surface area contributed by atoms with Gasteiger partial charge >= 0.3 is 5.85 Å². The molecule has 0 N–H and O–H groups in total. The van der Waals surface area contributed by atoms with Crippen LogP contribution in [0.1, 0.15) is 0 Å². The maximum absolute atomic E-state index is 10.8. The number of hydrogen-bond acceptors (Lipinski definition) is 3. The minimum atomic E-state index is -3.54. The molecule has 10 heavy (non-hydrogen) atoms. The Balaban J connectivity index is 4.74. The van der Waals surface area contributed by atoms with Gasteiger partial charge in [-0.05, 0) is 54.3 Å². The zero-order chi connectivity index (χ0) is 8.41. The average molecular weight is 332 g/mol. The van der Waals surface area contributed by atoms with Crippen LogP contribution >= 0.6 is 60.2 Å². The maximum Gasteiger partial charge on any atom is 0.301 e. The normalized spacial score (nSPS) is 12.4. The summed E-state index contributed by atoms with van der Waals surface area (Å²) in [5.74, 6) is -3.54. The Morgan fingerprint density at radius 2 is 1.90 bits per heavy atom. The van der Waals surface area contributed by atoms with Gasteiger partial charge in [-0.3, -0.25) is 4.57 Å². The van der Waals surface area contributed by atoms with E-state index in [-0.39, 0.29) is 0 Å². The first-order valence-corrected chi connectivity index (χ1v) is 6.88. The summed E-state index contributed by atoms with van der Waals surface area (Å²) in [6, 6.07) is 0. The molecule has 0 rings (SSSR count). The number of carbonyl (C=O) groups excluding carboxylic acids is 1. The molecule has 0 saturated carbocycles. The molecule has 0 heterocycles. The van der Waals surface area contributed by atoms with Gasteiger partial charge in [-0.25, -0.2) is 4.79 Å². The SMILES string of the molecule is O=C=NC(Br)(Br)P(=O)(Cl)Cl. The molecule has 0 amide bonds. The van der Waals surface area contributed by atoms with Crippen LogP contribution in [-0.2, 0) is 9.36 Å². The fourth-order valence-corrected chi connectivity index (χ4v) is 0.642. The summed E-state index contributed by atoms with van der Waals surface area (Å²) in [6.07, 6.45) is 1.15. The first-order chi connectivity index (χ1) is 4.31. The van der Waals surface area contributed by atoms with E-state index in [1.807, 2.05) is 0 Å². The quantitative estimate of drug-likeness (QED) is 0.256. The van der Waals surface area contributed by atoms with Crippen LogP contribution in [0.15, 0.2) is 4.99 Å². The molecule has 0 atom stereocenters. The lowest BCUT2D eigenvalue weighted by Gasteiger charge is -2.12. The Hall–Kier alpha value is 1.15. The van der Waals surface area contributed by atoms with Gasteiger partial charge in [0.2, 0.25) is 6.08 Å². The van der Waals surface area contributed by atoms with Crippen LogP contribution in [-0.4, -0.2) is 9.18 Å². The molecule has 0 fully saturated rings. The third-order valence-electron chi connectivity index (χ3n) is 0.493. The van der Waals surface area contributed by atoms with Crippen LogP contribution in [0.25, 0.3) is 0 Å². The summed E-state index contributed by atoms with van der Waals surface area (Å²) in [5, 5.41) is 0. The van der Waals surface area contributed by atoms with E-state index in [0.29, 0.717) is 0 Å². The van der Waals surface area contributed by atoms with E-state index in [2.05, 4.69) is 36.9 Å². The lowest BCUT2D eigenvalue weighted by Crippen LogP contribution is -1.99. The smallest absolute Gasteiger partial charge is 0.285 e. The van der Waals surface area contributed by atoms with E-state index in [1.54, 1.807) is 0 Å². The molecule has 0 radical (unpaired) electrons. The summed E-state index contributed by atoms with van der Waals surface area (Å²) in [4.78, 5) is 12.7. The molecule has 0 aromatic heterocycles. The molecule has 0 saturated heterocycles. The summed E-state index contributed by atoms with van der Waals surface area (Å²) < 4.78 is 9.19. The molecule has 0 bridgehead atoms. The molecule has 0 aliphatic heterocycles. The van der Waals surface area contributed by atoms with E-state index < -0.39 is 8.95 Å². The fourth-order valence-electron chi connectivity index (χ4n) is 0.113. The topological polar surface area (TPSA) is 46.5 Å². The molecule has 0 unspecified atom stereocenters. The summed E-state index contributed by atoms with van der Waals surface area (Å²) >= 11 is 15.8. The molecule has 8 heteroatoms. The minimum Gasteiger partial charge on any atom is -0.285 e. The number of hydrogen-bond donors (Lipinski definition) is 0. The second kappa shape index (κ2) is 3.70. The molecular formula is C2Br2Cl2NO2P. The van der Waals surface area contributed by atoms with E-state index >= 15 is 0 Å². The Morgan fingerprint density at radius 1 is 1.50 bits per heavy atom. The molecule has 58 valence electrons. The van der Waals surface area contributed by atoms with Crippen LogP contribution in [0.2, 0.25) is 0 Å². The number of halogens is 4. The predicted octanol–water partition coefficient (Wildman–Crippen LogP) is 3.39. The van der Waals surface area contributed by atoms with Crippen LogP contribution in [0, 0.1) is 0 Å². The number of nitrogens with zero attached hydrogens (tertiary/aromatic N) is 1. The van der Waals surface area contributed by atoms with Gasteiger partial charge in [0.05, 0.1) is 0 Å². The van der Waals surface area contributed by atoms with Crippen molar-refractivity contribution in [3.63, 3.8) is 0 Å². The van der Waals surface area contributed by atoms with Gasteiger partial charge in [0, 0.05) is 0 Å². The van der Waals surface area contributed by atoms with Crippen molar-refractivity contribution in [3.8, 4) is 0 Å². The van der Waals surface area contributed by atoms with Gasteiger partial charge in [0.15, 0.2) is 0 Å². The molecule has 0 aromatic rings. The van der Waals surface area contributed by atoms with Crippen LogP contribution in [0.5, 0.6) is 0 Å². The van der Waals surface area contributed by atoms with Crippen molar-refractivity contribution in [2.75, 3.05) is 0 Å². The van der Waals surface area contributed by atoms with Crippen LogP contribution < -0.4 is 0 Å². The monoisotopic (exact) mass is 329 g/mol. The predicted molar refractivity (Wildman–Crippen MR) is 48.0 cm³/mol. The molecule has 0 aliphatic carbocycles. The summed E-state index contributed by atoms with van der Waals surface area (Å²) in [6.45, 7) is 0. The number of aliphatic imine (C=N–C) groups is 1. The van der Waals surface area contributed by atoms with Gasteiger partial charge in [-0.15, -0.1) is 0 Å². The highest BCUT2D eigenvalue weighted by molar-refractivity contribution is 9.27. The van der Waals surface area contributed by atoms with Crippen molar-refractivity contribution < 1.29 is 9.36 Å². The number of alkyl halides is 2. The van der Waals surface area contributed by atoms with Gasteiger partial charge in [0.25, 0.3) is 3.10 Å². The minimum absolute atomic E-state index is 1.15.